The zero-order valence-electron chi connectivity index (χ0n) is 12.6. The molecule has 23 heavy (non-hydrogen) atoms. The van der Waals surface area contributed by atoms with Crippen molar-refractivity contribution in [3.05, 3.63) is 71.8 Å². The van der Waals surface area contributed by atoms with Gasteiger partial charge in [0.1, 0.15) is 11.0 Å². The van der Waals surface area contributed by atoms with Crippen molar-refractivity contribution < 1.29 is 5.21 Å². The van der Waals surface area contributed by atoms with Crippen LogP contribution in [-0.2, 0) is 6.42 Å². The molecule has 114 valence electrons. The number of hydrogen-bond acceptors (Lipinski definition) is 4. The molecule has 0 bridgehead atoms. The van der Waals surface area contributed by atoms with Gasteiger partial charge < -0.3 is 9.77 Å². The summed E-state index contributed by atoms with van der Waals surface area (Å²) < 4.78 is 2.03. The minimum absolute atomic E-state index is 0.610. The van der Waals surface area contributed by atoms with Gasteiger partial charge in [0.05, 0.1) is 12.0 Å². The molecule has 1 N–H and O–H groups in total. The lowest BCUT2D eigenvalue weighted by atomic mass is 10.0. The summed E-state index contributed by atoms with van der Waals surface area (Å²) in [6.45, 7) is 1.97. The lowest BCUT2D eigenvalue weighted by Gasteiger charge is -2.10. The summed E-state index contributed by atoms with van der Waals surface area (Å²) in [5, 5.41) is 17.2. The Hall–Kier alpha value is -3.15. The van der Waals surface area contributed by atoms with Crippen LogP contribution in [0.4, 0.5) is 0 Å². The van der Waals surface area contributed by atoms with Crippen molar-refractivity contribution in [2.24, 2.45) is 0 Å². The van der Waals surface area contributed by atoms with E-state index in [-0.39, 0.29) is 0 Å². The van der Waals surface area contributed by atoms with Crippen LogP contribution in [0.1, 0.15) is 16.8 Å². The van der Waals surface area contributed by atoms with E-state index in [2.05, 4.69) is 27.4 Å². The minimum atomic E-state index is 0.610. The van der Waals surface area contributed by atoms with Gasteiger partial charge in [-0.3, -0.25) is 0 Å². The van der Waals surface area contributed by atoms with Crippen LogP contribution in [0, 0.1) is 6.92 Å². The van der Waals surface area contributed by atoms with Crippen molar-refractivity contribution in [3.8, 4) is 5.69 Å². The Bertz CT molecular complexity index is 985. The molecule has 0 saturated carbocycles. The molecule has 0 saturated heterocycles. The predicted molar refractivity (Wildman–Crippen MR) is 85.8 cm³/mol. The summed E-state index contributed by atoms with van der Waals surface area (Å²) >= 11 is 0. The topological polar surface area (TPSA) is 68.8 Å². The number of benzene rings is 2. The highest BCUT2D eigenvalue weighted by atomic mass is 16.5. The number of hydrogen-bond donors (Lipinski definition) is 1. The third kappa shape index (κ3) is 2.44. The molecule has 2 aromatic carbocycles. The SMILES string of the molecule is Cc1cn(-c2ccccc2Cc2ccc3nnn(O)c3c2)cn1. The molecule has 6 heteroatoms. The molecule has 6 nitrogen and oxygen atoms in total. The molecule has 0 amide bonds. The van der Waals surface area contributed by atoms with Gasteiger partial charge >= 0.3 is 0 Å². The van der Waals surface area contributed by atoms with Crippen LogP contribution in [0.3, 0.4) is 0 Å². The molecule has 0 fully saturated rings. The predicted octanol–water partition coefficient (Wildman–Crippen LogP) is 2.75. The number of aryl methyl sites for hydroxylation is 1. The zero-order valence-corrected chi connectivity index (χ0v) is 12.6. The zero-order chi connectivity index (χ0) is 15.8. The molecule has 4 rings (SSSR count). The van der Waals surface area contributed by atoms with Crippen LogP contribution in [0.15, 0.2) is 55.0 Å². The second-order valence-corrected chi connectivity index (χ2v) is 5.53. The maximum absolute atomic E-state index is 9.67. The molecule has 2 heterocycles. The number of fused-ring (bicyclic) bond motifs is 1. The second-order valence-electron chi connectivity index (χ2n) is 5.53. The largest absolute Gasteiger partial charge is 0.410 e. The Morgan fingerprint density at radius 2 is 2.00 bits per heavy atom. The summed E-state index contributed by atoms with van der Waals surface area (Å²) in [4.78, 5) is 5.11. The quantitative estimate of drug-likeness (QED) is 0.591. The first-order chi connectivity index (χ1) is 11.2. The number of imidazole rings is 1. The van der Waals surface area contributed by atoms with E-state index in [9.17, 15) is 5.21 Å². The number of nitrogens with zero attached hydrogens (tertiary/aromatic N) is 5. The maximum atomic E-state index is 9.67. The Morgan fingerprint density at radius 3 is 2.83 bits per heavy atom. The van der Waals surface area contributed by atoms with Crippen LogP contribution in [0.2, 0.25) is 0 Å². The Morgan fingerprint density at radius 1 is 1.13 bits per heavy atom. The van der Waals surface area contributed by atoms with E-state index in [0.29, 0.717) is 11.0 Å². The van der Waals surface area contributed by atoms with Gasteiger partial charge in [0.2, 0.25) is 0 Å². The van der Waals surface area contributed by atoms with Crippen LogP contribution in [-0.4, -0.2) is 29.9 Å². The molecule has 4 aromatic rings. The van der Waals surface area contributed by atoms with Gasteiger partial charge in [0, 0.05) is 11.9 Å². The number of para-hydroxylation sites is 1. The fraction of sp³-hybridized carbons (Fsp3) is 0.118. The molecule has 0 radical (unpaired) electrons. The molecule has 0 aliphatic heterocycles. The van der Waals surface area contributed by atoms with Gasteiger partial charge in [0.15, 0.2) is 0 Å². The Balaban J connectivity index is 1.74. The summed E-state index contributed by atoms with van der Waals surface area (Å²) in [5.41, 5.74) is 5.63. The van der Waals surface area contributed by atoms with Gasteiger partial charge in [0.25, 0.3) is 0 Å². The normalized spacial score (nSPS) is 11.2. The fourth-order valence-corrected chi connectivity index (χ4v) is 2.75. The summed E-state index contributed by atoms with van der Waals surface area (Å²) in [6.07, 6.45) is 4.58. The van der Waals surface area contributed by atoms with Crippen molar-refractivity contribution in [3.63, 3.8) is 0 Å². The summed E-state index contributed by atoms with van der Waals surface area (Å²) in [6, 6.07) is 14.0. The summed E-state index contributed by atoms with van der Waals surface area (Å²) in [7, 11) is 0. The Kier molecular flexibility index (Phi) is 3.08. The average Bonchev–Trinajstić information content (AvgIpc) is 3.15. The molecule has 0 aliphatic rings. The molecule has 0 atom stereocenters. The van der Waals surface area contributed by atoms with Crippen molar-refractivity contribution >= 4 is 11.0 Å². The van der Waals surface area contributed by atoms with Crippen LogP contribution in [0.5, 0.6) is 0 Å². The molecular weight excluding hydrogens is 290 g/mol. The average molecular weight is 305 g/mol. The molecule has 0 unspecified atom stereocenters. The third-order valence-corrected chi connectivity index (χ3v) is 3.87. The minimum Gasteiger partial charge on any atom is -0.410 e. The fourth-order valence-electron chi connectivity index (χ4n) is 2.75. The van der Waals surface area contributed by atoms with Crippen molar-refractivity contribution in [1.82, 2.24) is 24.7 Å². The first-order valence-electron chi connectivity index (χ1n) is 7.33. The summed E-state index contributed by atoms with van der Waals surface area (Å²) in [5.74, 6) is 0. The highest BCUT2D eigenvalue weighted by molar-refractivity contribution is 5.74. The van der Waals surface area contributed by atoms with E-state index in [1.807, 2.05) is 54.3 Å². The number of aromatic nitrogens is 5. The van der Waals surface area contributed by atoms with Crippen molar-refractivity contribution in [1.29, 1.82) is 0 Å². The lowest BCUT2D eigenvalue weighted by molar-refractivity contribution is 0.154. The highest BCUT2D eigenvalue weighted by Gasteiger charge is 2.08. The van der Waals surface area contributed by atoms with E-state index in [4.69, 9.17) is 0 Å². The lowest BCUT2D eigenvalue weighted by Crippen LogP contribution is -1.99. The Labute approximate surface area is 132 Å². The molecule has 0 spiro atoms. The van der Waals surface area contributed by atoms with Crippen LogP contribution in [0.25, 0.3) is 16.7 Å². The second kappa shape index (κ2) is 5.24. The first kappa shape index (κ1) is 13.5. The standard InChI is InChI=1S/C17H15N5O/c1-12-10-21(11-18-12)16-5-3-2-4-14(16)8-13-6-7-15-17(9-13)22(23)20-19-15/h2-7,9-11,23H,8H2,1H3. The van der Waals surface area contributed by atoms with Crippen LogP contribution >= 0.6 is 0 Å². The van der Waals surface area contributed by atoms with Gasteiger partial charge in [-0.1, -0.05) is 29.1 Å². The van der Waals surface area contributed by atoms with E-state index in [1.54, 1.807) is 0 Å². The molecule has 0 aliphatic carbocycles. The van der Waals surface area contributed by atoms with E-state index < -0.39 is 0 Å². The van der Waals surface area contributed by atoms with Gasteiger partial charge in [-0.05, 0) is 47.9 Å². The van der Waals surface area contributed by atoms with Crippen LogP contribution < -0.4 is 0 Å². The van der Waals surface area contributed by atoms with Gasteiger partial charge in [-0.15, -0.1) is 5.10 Å². The molecular formula is C17H15N5O. The molecule has 2 aromatic heterocycles. The highest BCUT2D eigenvalue weighted by Crippen LogP contribution is 2.21. The monoisotopic (exact) mass is 305 g/mol. The number of rotatable bonds is 3. The maximum Gasteiger partial charge on any atom is 0.130 e. The van der Waals surface area contributed by atoms with Gasteiger partial charge in [-0.2, -0.15) is 0 Å². The van der Waals surface area contributed by atoms with Gasteiger partial charge in [-0.25, -0.2) is 4.98 Å². The van der Waals surface area contributed by atoms with E-state index >= 15 is 0 Å². The van der Waals surface area contributed by atoms with E-state index in [1.165, 1.54) is 5.56 Å². The smallest absolute Gasteiger partial charge is 0.130 e. The first-order valence-corrected chi connectivity index (χ1v) is 7.33. The van der Waals surface area contributed by atoms with Crippen molar-refractivity contribution in [2.45, 2.75) is 13.3 Å². The van der Waals surface area contributed by atoms with E-state index in [0.717, 1.165) is 28.2 Å². The van der Waals surface area contributed by atoms with Crippen molar-refractivity contribution in [2.75, 3.05) is 0 Å². The third-order valence-electron chi connectivity index (χ3n) is 3.87.